The van der Waals surface area contributed by atoms with Crippen molar-refractivity contribution in [2.24, 2.45) is 0 Å². The molecule has 0 atom stereocenters. The lowest BCUT2D eigenvalue weighted by Gasteiger charge is -2.28. The van der Waals surface area contributed by atoms with Gasteiger partial charge in [-0.1, -0.05) is 153 Å². The number of hydrogen-bond donors (Lipinski definition) is 0. The van der Waals surface area contributed by atoms with E-state index in [1.807, 2.05) is 11.3 Å². The number of para-hydroxylation sites is 2. The van der Waals surface area contributed by atoms with Crippen LogP contribution in [-0.2, 0) is 5.41 Å². The summed E-state index contributed by atoms with van der Waals surface area (Å²) in [6.07, 6.45) is 0. The third-order valence-corrected chi connectivity index (χ3v) is 14.0. The van der Waals surface area contributed by atoms with Gasteiger partial charge >= 0.3 is 0 Å². The van der Waals surface area contributed by atoms with Gasteiger partial charge in [0.25, 0.3) is 0 Å². The van der Waals surface area contributed by atoms with Gasteiger partial charge in [0.1, 0.15) is 0 Å². The van der Waals surface area contributed by atoms with Gasteiger partial charge in [0, 0.05) is 64.7 Å². The molecule has 0 unspecified atom stereocenters. The molecule has 2 aromatic heterocycles. The van der Waals surface area contributed by atoms with Gasteiger partial charge in [0.05, 0.1) is 11.0 Å². The fraction of sp³-hybridized carbons (Fsp3) is 0.0526. The molecule has 1 aliphatic carbocycles. The number of rotatable bonds is 6. The molecule has 0 aliphatic heterocycles. The molecule has 60 heavy (non-hydrogen) atoms. The minimum atomic E-state index is -0.0890. The molecule has 0 fully saturated rings. The SMILES string of the molecule is CC1(C)c2ccccc2-c2ccc(N(c3ccccc3)c3ccc(-c4cc(-n5c6ccccc6c6ccc(-c7ccccc7)cc65)cc5c4sc4ccccc45)cc3)cc21. The maximum Gasteiger partial charge on any atom is 0.0547 e. The summed E-state index contributed by atoms with van der Waals surface area (Å²) in [5.41, 5.74) is 17.2. The summed E-state index contributed by atoms with van der Waals surface area (Å²) < 4.78 is 5.08. The van der Waals surface area contributed by atoms with Crippen LogP contribution < -0.4 is 4.90 Å². The van der Waals surface area contributed by atoms with E-state index in [1.54, 1.807) is 0 Å². The average Bonchev–Trinajstić information content (AvgIpc) is 3.92. The van der Waals surface area contributed by atoms with Gasteiger partial charge in [-0.15, -0.1) is 11.3 Å². The first-order valence-corrected chi connectivity index (χ1v) is 21.6. The van der Waals surface area contributed by atoms with Gasteiger partial charge in [0.15, 0.2) is 0 Å². The van der Waals surface area contributed by atoms with E-state index in [9.17, 15) is 0 Å². The van der Waals surface area contributed by atoms with Crippen molar-refractivity contribution in [1.29, 1.82) is 0 Å². The maximum atomic E-state index is 2.48. The van der Waals surface area contributed by atoms with E-state index < -0.39 is 0 Å². The van der Waals surface area contributed by atoms with Crippen LogP contribution in [0.25, 0.3) is 81.0 Å². The number of anilines is 3. The molecule has 0 spiro atoms. The summed E-state index contributed by atoms with van der Waals surface area (Å²) in [6.45, 7) is 4.71. The molecule has 12 rings (SSSR count). The number of thiophene rings is 1. The van der Waals surface area contributed by atoms with Crippen molar-refractivity contribution in [2.75, 3.05) is 4.90 Å². The summed E-state index contributed by atoms with van der Waals surface area (Å²) in [6, 6.07) is 76.1. The Bertz CT molecular complexity index is 3450. The Morgan fingerprint density at radius 2 is 1.03 bits per heavy atom. The van der Waals surface area contributed by atoms with E-state index >= 15 is 0 Å². The second-order valence-corrected chi connectivity index (χ2v) is 17.6. The Hall–Kier alpha value is -7.20. The van der Waals surface area contributed by atoms with Crippen LogP contribution in [0.15, 0.2) is 206 Å². The van der Waals surface area contributed by atoms with Gasteiger partial charge in [-0.3, -0.25) is 0 Å². The van der Waals surface area contributed by atoms with Crippen LogP contribution in [0.5, 0.6) is 0 Å². The molecule has 0 saturated carbocycles. The van der Waals surface area contributed by atoms with Crippen molar-refractivity contribution in [3.63, 3.8) is 0 Å². The lowest BCUT2D eigenvalue weighted by atomic mass is 9.82. The van der Waals surface area contributed by atoms with Crippen molar-refractivity contribution in [3.05, 3.63) is 217 Å². The predicted octanol–water partition coefficient (Wildman–Crippen LogP) is 16.3. The Morgan fingerprint density at radius 3 is 1.87 bits per heavy atom. The third-order valence-electron chi connectivity index (χ3n) is 12.8. The number of nitrogens with zero attached hydrogens (tertiary/aromatic N) is 2. The summed E-state index contributed by atoms with van der Waals surface area (Å²) in [5.74, 6) is 0. The van der Waals surface area contributed by atoms with E-state index in [1.165, 1.54) is 86.5 Å². The molecule has 0 N–H and O–H groups in total. The van der Waals surface area contributed by atoms with Crippen molar-refractivity contribution < 1.29 is 0 Å². The largest absolute Gasteiger partial charge is 0.310 e. The quantitative estimate of drug-likeness (QED) is 0.163. The average molecular weight is 785 g/mol. The highest BCUT2D eigenvalue weighted by Crippen LogP contribution is 2.51. The standard InChI is InChI=1S/C57H40N2S/c1-57(2)51-22-12-9-19-44(51)45-32-30-42(36-52(45)57)58(40-17-7-4-8-18-40)41-28-25-38(26-29-41)49-34-43(35-50-48-21-11-14-24-55(48)60-56(49)50)59-53-23-13-10-20-46(53)47-31-27-39(33-54(47)59)37-15-5-3-6-16-37/h3-36H,1-2H3. The van der Waals surface area contributed by atoms with Crippen LogP contribution in [0.4, 0.5) is 17.1 Å². The maximum absolute atomic E-state index is 2.48. The monoisotopic (exact) mass is 784 g/mol. The van der Waals surface area contributed by atoms with Gasteiger partial charge in [-0.05, 0) is 106 Å². The minimum absolute atomic E-state index is 0.0890. The fourth-order valence-corrected chi connectivity index (χ4v) is 11.1. The van der Waals surface area contributed by atoms with Crippen LogP contribution in [0.2, 0.25) is 0 Å². The molecule has 11 aromatic rings. The zero-order valence-electron chi connectivity index (χ0n) is 33.4. The Morgan fingerprint density at radius 1 is 0.400 bits per heavy atom. The van der Waals surface area contributed by atoms with Gasteiger partial charge in [-0.2, -0.15) is 0 Å². The fourth-order valence-electron chi connectivity index (χ4n) is 9.86. The first-order chi connectivity index (χ1) is 29.5. The lowest BCUT2D eigenvalue weighted by Crippen LogP contribution is -2.16. The zero-order valence-corrected chi connectivity index (χ0v) is 34.2. The van der Waals surface area contributed by atoms with Gasteiger partial charge in [-0.25, -0.2) is 0 Å². The summed E-state index contributed by atoms with van der Waals surface area (Å²) in [4.78, 5) is 2.40. The van der Waals surface area contributed by atoms with E-state index in [0.717, 1.165) is 22.7 Å². The molecule has 0 amide bonds. The molecule has 1 aliphatic rings. The molecular formula is C57H40N2S. The van der Waals surface area contributed by atoms with Crippen LogP contribution in [0.3, 0.4) is 0 Å². The molecule has 2 heterocycles. The van der Waals surface area contributed by atoms with Crippen LogP contribution in [0, 0.1) is 0 Å². The first kappa shape index (κ1) is 34.8. The first-order valence-electron chi connectivity index (χ1n) is 20.8. The number of hydrogen-bond acceptors (Lipinski definition) is 2. The topological polar surface area (TPSA) is 8.17 Å². The lowest BCUT2D eigenvalue weighted by molar-refractivity contribution is 0.660. The Kier molecular flexibility index (Phi) is 7.79. The minimum Gasteiger partial charge on any atom is -0.310 e. The summed E-state index contributed by atoms with van der Waals surface area (Å²) in [5, 5.41) is 5.09. The Labute approximate surface area is 353 Å². The van der Waals surface area contributed by atoms with Crippen molar-refractivity contribution in [2.45, 2.75) is 19.3 Å². The van der Waals surface area contributed by atoms with E-state index in [2.05, 4.69) is 230 Å². The van der Waals surface area contributed by atoms with Crippen molar-refractivity contribution in [1.82, 2.24) is 4.57 Å². The number of fused-ring (bicyclic) bond motifs is 9. The molecule has 2 nitrogen and oxygen atoms in total. The highest BCUT2D eigenvalue weighted by Gasteiger charge is 2.35. The van der Waals surface area contributed by atoms with Crippen molar-refractivity contribution >= 4 is 70.4 Å². The van der Waals surface area contributed by atoms with Gasteiger partial charge in [0.2, 0.25) is 0 Å². The molecule has 0 saturated heterocycles. The highest BCUT2D eigenvalue weighted by molar-refractivity contribution is 7.26. The van der Waals surface area contributed by atoms with Crippen molar-refractivity contribution in [3.8, 4) is 39.1 Å². The third kappa shape index (κ3) is 5.33. The number of benzene rings is 9. The van der Waals surface area contributed by atoms with Crippen LogP contribution in [-0.4, -0.2) is 4.57 Å². The van der Waals surface area contributed by atoms with E-state index in [4.69, 9.17) is 0 Å². The van der Waals surface area contributed by atoms with E-state index in [0.29, 0.717) is 0 Å². The van der Waals surface area contributed by atoms with E-state index in [-0.39, 0.29) is 5.41 Å². The summed E-state index contributed by atoms with van der Waals surface area (Å²) in [7, 11) is 0. The molecule has 0 bridgehead atoms. The predicted molar refractivity (Wildman–Crippen MR) is 257 cm³/mol. The van der Waals surface area contributed by atoms with Crippen LogP contribution in [0.1, 0.15) is 25.0 Å². The second kappa shape index (κ2) is 13.4. The smallest absolute Gasteiger partial charge is 0.0547 e. The molecular weight excluding hydrogens is 745 g/mol. The molecule has 0 radical (unpaired) electrons. The Balaban J connectivity index is 1.03. The summed E-state index contributed by atoms with van der Waals surface area (Å²) >= 11 is 1.89. The molecule has 9 aromatic carbocycles. The zero-order chi connectivity index (χ0) is 40.0. The second-order valence-electron chi connectivity index (χ2n) is 16.5. The number of aromatic nitrogens is 1. The highest BCUT2D eigenvalue weighted by atomic mass is 32.1. The molecule has 3 heteroatoms. The van der Waals surface area contributed by atoms with Crippen LogP contribution >= 0.6 is 11.3 Å². The van der Waals surface area contributed by atoms with Gasteiger partial charge < -0.3 is 9.47 Å². The molecule has 284 valence electrons. The normalized spacial score (nSPS) is 13.0.